The van der Waals surface area contributed by atoms with Crippen LogP contribution in [0.4, 0.5) is 4.39 Å². The van der Waals surface area contributed by atoms with Gasteiger partial charge in [-0.25, -0.2) is 4.39 Å². The standard InChI is InChI=1S/C25H22FN3O/c26-24-9-4-2-6-21(24)16-25(30)27-17-22-7-1-3-8-23(22)20-12-10-19(11-13-20)18-29-15-5-14-28-29/h1-15H,16-18H2,(H,27,30). The van der Waals surface area contributed by atoms with Crippen molar-refractivity contribution < 1.29 is 9.18 Å². The van der Waals surface area contributed by atoms with Crippen LogP contribution < -0.4 is 5.32 Å². The number of carbonyl (C=O) groups is 1. The van der Waals surface area contributed by atoms with Crippen molar-refractivity contribution in [3.8, 4) is 11.1 Å². The van der Waals surface area contributed by atoms with E-state index in [0.717, 1.165) is 28.8 Å². The van der Waals surface area contributed by atoms with Gasteiger partial charge in [-0.15, -0.1) is 0 Å². The molecular weight excluding hydrogens is 377 g/mol. The quantitative estimate of drug-likeness (QED) is 0.494. The molecule has 3 aromatic carbocycles. The average molecular weight is 399 g/mol. The first kappa shape index (κ1) is 19.6. The number of halogens is 1. The topological polar surface area (TPSA) is 46.9 Å². The van der Waals surface area contributed by atoms with Gasteiger partial charge in [-0.2, -0.15) is 5.10 Å². The number of amides is 1. The molecule has 0 radical (unpaired) electrons. The van der Waals surface area contributed by atoms with Gasteiger partial charge < -0.3 is 5.32 Å². The van der Waals surface area contributed by atoms with Gasteiger partial charge in [-0.1, -0.05) is 66.7 Å². The van der Waals surface area contributed by atoms with Crippen molar-refractivity contribution in [1.82, 2.24) is 15.1 Å². The third kappa shape index (κ3) is 4.81. The Bertz CT molecular complexity index is 1120. The highest BCUT2D eigenvalue weighted by Crippen LogP contribution is 2.24. The Morgan fingerprint density at radius 1 is 0.900 bits per heavy atom. The fraction of sp³-hybridized carbons (Fsp3) is 0.120. The summed E-state index contributed by atoms with van der Waals surface area (Å²) in [5.74, 6) is -0.562. The highest BCUT2D eigenvalue weighted by atomic mass is 19.1. The van der Waals surface area contributed by atoms with Crippen LogP contribution in [0.2, 0.25) is 0 Å². The van der Waals surface area contributed by atoms with Crippen LogP contribution in [0, 0.1) is 5.82 Å². The minimum Gasteiger partial charge on any atom is -0.352 e. The van der Waals surface area contributed by atoms with Crippen molar-refractivity contribution in [2.24, 2.45) is 0 Å². The molecule has 0 saturated heterocycles. The Morgan fingerprint density at radius 2 is 1.63 bits per heavy atom. The summed E-state index contributed by atoms with van der Waals surface area (Å²) < 4.78 is 15.6. The molecule has 4 rings (SSSR count). The maximum absolute atomic E-state index is 13.8. The average Bonchev–Trinajstić information content (AvgIpc) is 3.28. The molecule has 1 amide bonds. The van der Waals surface area contributed by atoms with Gasteiger partial charge >= 0.3 is 0 Å². The third-order valence-corrected chi connectivity index (χ3v) is 4.97. The van der Waals surface area contributed by atoms with Crippen molar-refractivity contribution >= 4 is 5.91 Å². The van der Waals surface area contributed by atoms with Gasteiger partial charge in [-0.3, -0.25) is 9.48 Å². The highest BCUT2D eigenvalue weighted by molar-refractivity contribution is 5.79. The van der Waals surface area contributed by atoms with E-state index in [9.17, 15) is 9.18 Å². The van der Waals surface area contributed by atoms with Crippen molar-refractivity contribution in [2.45, 2.75) is 19.5 Å². The number of nitrogens with one attached hydrogen (secondary N) is 1. The molecule has 4 nitrogen and oxygen atoms in total. The number of rotatable bonds is 7. The van der Waals surface area contributed by atoms with E-state index >= 15 is 0 Å². The van der Waals surface area contributed by atoms with Crippen LogP contribution in [0.15, 0.2) is 91.3 Å². The maximum atomic E-state index is 13.8. The summed E-state index contributed by atoms with van der Waals surface area (Å²) in [6.45, 7) is 1.11. The van der Waals surface area contributed by atoms with Gasteiger partial charge in [0, 0.05) is 18.9 Å². The molecule has 150 valence electrons. The molecule has 0 saturated carbocycles. The third-order valence-electron chi connectivity index (χ3n) is 4.97. The molecule has 1 N–H and O–H groups in total. The molecule has 30 heavy (non-hydrogen) atoms. The van der Waals surface area contributed by atoms with Crippen molar-refractivity contribution in [3.05, 3.63) is 114 Å². The SMILES string of the molecule is O=C(Cc1ccccc1F)NCc1ccccc1-c1ccc(Cn2cccn2)cc1. The Labute approximate surface area is 175 Å². The molecular formula is C25H22FN3O. The minimum atomic E-state index is -0.358. The van der Waals surface area contributed by atoms with Crippen LogP contribution >= 0.6 is 0 Å². The van der Waals surface area contributed by atoms with Gasteiger partial charge in [0.2, 0.25) is 5.91 Å². The van der Waals surface area contributed by atoms with Crippen LogP contribution in [0.1, 0.15) is 16.7 Å². The highest BCUT2D eigenvalue weighted by Gasteiger charge is 2.10. The van der Waals surface area contributed by atoms with Gasteiger partial charge in [0.05, 0.1) is 13.0 Å². The fourth-order valence-corrected chi connectivity index (χ4v) is 3.40. The lowest BCUT2D eigenvalue weighted by atomic mass is 9.98. The minimum absolute atomic E-state index is 0.0248. The Morgan fingerprint density at radius 3 is 2.37 bits per heavy atom. The van der Waals surface area contributed by atoms with E-state index in [2.05, 4.69) is 34.7 Å². The van der Waals surface area contributed by atoms with Crippen LogP contribution in [-0.4, -0.2) is 15.7 Å². The second-order valence-electron chi connectivity index (χ2n) is 7.10. The zero-order valence-electron chi connectivity index (χ0n) is 16.5. The molecule has 0 bridgehead atoms. The fourth-order valence-electron chi connectivity index (χ4n) is 3.40. The van der Waals surface area contributed by atoms with Crippen molar-refractivity contribution in [3.63, 3.8) is 0 Å². The predicted molar refractivity (Wildman–Crippen MR) is 115 cm³/mol. The van der Waals surface area contributed by atoms with Crippen LogP contribution in [0.25, 0.3) is 11.1 Å². The monoisotopic (exact) mass is 399 g/mol. The van der Waals surface area contributed by atoms with Crippen molar-refractivity contribution in [2.75, 3.05) is 0 Å². The summed E-state index contributed by atoms with van der Waals surface area (Å²) >= 11 is 0. The Hall–Kier alpha value is -3.73. The number of carbonyl (C=O) groups excluding carboxylic acids is 1. The van der Waals surface area contributed by atoms with E-state index in [1.807, 2.05) is 41.2 Å². The van der Waals surface area contributed by atoms with E-state index < -0.39 is 0 Å². The van der Waals surface area contributed by atoms with Gasteiger partial charge in [0.25, 0.3) is 0 Å². The van der Waals surface area contributed by atoms with E-state index in [-0.39, 0.29) is 18.1 Å². The number of hydrogen-bond acceptors (Lipinski definition) is 2. The maximum Gasteiger partial charge on any atom is 0.224 e. The molecule has 0 fully saturated rings. The Balaban J connectivity index is 1.43. The molecule has 0 aliphatic rings. The largest absolute Gasteiger partial charge is 0.352 e. The molecule has 0 atom stereocenters. The van der Waals surface area contributed by atoms with Crippen LogP contribution in [-0.2, 0) is 24.3 Å². The lowest BCUT2D eigenvalue weighted by Gasteiger charge is -2.12. The molecule has 5 heteroatoms. The molecule has 0 spiro atoms. The zero-order valence-corrected chi connectivity index (χ0v) is 16.5. The number of nitrogens with zero attached hydrogens (tertiary/aromatic N) is 2. The summed E-state index contributed by atoms with van der Waals surface area (Å²) in [5, 5.41) is 7.14. The van der Waals surface area contributed by atoms with Crippen LogP contribution in [0.3, 0.4) is 0 Å². The van der Waals surface area contributed by atoms with Crippen molar-refractivity contribution in [1.29, 1.82) is 0 Å². The normalized spacial score (nSPS) is 10.7. The van der Waals surface area contributed by atoms with E-state index in [1.54, 1.807) is 24.4 Å². The molecule has 0 aliphatic heterocycles. The lowest BCUT2D eigenvalue weighted by molar-refractivity contribution is -0.120. The first-order valence-electron chi connectivity index (χ1n) is 9.84. The first-order chi connectivity index (χ1) is 14.7. The smallest absolute Gasteiger partial charge is 0.224 e. The van der Waals surface area contributed by atoms with E-state index in [4.69, 9.17) is 0 Å². The number of aromatic nitrogens is 2. The summed E-state index contributed by atoms with van der Waals surface area (Å²) in [4.78, 5) is 12.3. The van der Waals surface area contributed by atoms with Crippen LogP contribution in [0.5, 0.6) is 0 Å². The lowest BCUT2D eigenvalue weighted by Crippen LogP contribution is -2.25. The molecule has 1 aromatic heterocycles. The van der Waals surface area contributed by atoms with E-state index in [1.165, 1.54) is 6.07 Å². The zero-order chi connectivity index (χ0) is 20.8. The van der Waals surface area contributed by atoms with E-state index in [0.29, 0.717) is 12.1 Å². The number of benzene rings is 3. The van der Waals surface area contributed by atoms with Gasteiger partial charge in [0.1, 0.15) is 5.82 Å². The summed E-state index contributed by atoms with van der Waals surface area (Å²) in [5.41, 5.74) is 4.72. The molecule has 1 heterocycles. The number of hydrogen-bond donors (Lipinski definition) is 1. The predicted octanol–water partition coefficient (Wildman–Crippen LogP) is 4.60. The second kappa shape index (κ2) is 9.18. The summed E-state index contributed by atoms with van der Waals surface area (Å²) in [7, 11) is 0. The Kier molecular flexibility index (Phi) is 5.99. The summed E-state index contributed by atoms with van der Waals surface area (Å²) in [6, 6.07) is 24.6. The summed E-state index contributed by atoms with van der Waals surface area (Å²) in [6.07, 6.45) is 3.73. The molecule has 0 aliphatic carbocycles. The first-order valence-corrected chi connectivity index (χ1v) is 9.84. The second-order valence-corrected chi connectivity index (χ2v) is 7.10. The molecule has 4 aromatic rings. The van der Waals surface area contributed by atoms with Gasteiger partial charge in [-0.05, 0) is 39.9 Å². The van der Waals surface area contributed by atoms with Gasteiger partial charge in [0.15, 0.2) is 0 Å². The molecule has 0 unspecified atom stereocenters.